The highest BCUT2D eigenvalue weighted by atomic mass is 16.5. The van der Waals surface area contributed by atoms with Crippen molar-refractivity contribution in [3.8, 4) is 17.1 Å². The topological polar surface area (TPSA) is 103 Å². The quantitative estimate of drug-likeness (QED) is 0.509. The Kier molecular flexibility index (Phi) is 8.01. The van der Waals surface area contributed by atoms with Crippen LogP contribution in [0.5, 0.6) is 5.75 Å². The summed E-state index contributed by atoms with van der Waals surface area (Å²) in [5.74, 6) is 3.22. The number of nitrogens with one attached hydrogen (secondary N) is 1. The van der Waals surface area contributed by atoms with Crippen molar-refractivity contribution in [1.82, 2.24) is 20.2 Å². The average Bonchev–Trinajstić information content (AvgIpc) is 3.70. The Morgan fingerprint density at radius 2 is 2.05 bits per heavy atom. The third kappa shape index (κ3) is 5.87. The molecule has 3 aliphatic rings. The first kappa shape index (κ1) is 26.6. The summed E-state index contributed by atoms with van der Waals surface area (Å²) in [4.78, 5) is 28.9. The van der Waals surface area contributed by atoms with Crippen LogP contribution in [0.15, 0.2) is 30.3 Å². The lowest BCUT2D eigenvalue weighted by atomic mass is 10.1. The lowest BCUT2D eigenvalue weighted by molar-refractivity contribution is -0.132. The van der Waals surface area contributed by atoms with E-state index in [0.29, 0.717) is 30.7 Å². The van der Waals surface area contributed by atoms with Crippen LogP contribution in [-0.2, 0) is 9.53 Å². The van der Waals surface area contributed by atoms with Gasteiger partial charge in [-0.1, -0.05) is 12.1 Å². The zero-order valence-corrected chi connectivity index (χ0v) is 22.7. The first-order valence-electron chi connectivity index (χ1n) is 13.7. The molecule has 1 saturated carbocycles. The molecule has 10 nitrogen and oxygen atoms in total. The molecular weight excluding hydrogens is 484 g/mol. The van der Waals surface area contributed by atoms with Crippen LogP contribution < -0.4 is 19.9 Å². The molecule has 2 aromatic rings. The minimum Gasteiger partial charge on any atom is -0.491 e. The number of aromatic nitrogens is 2. The molecule has 206 valence electrons. The second kappa shape index (κ2) is 11.4. The van der Waals surface area contributed by atoms with Crippen LogP contribution in [0.1, 0.15) is 32.6 Å². The average molecular weight is 525 g/mol. The summed E-state index contributed by atoms with van der Waals surface area (Å²) < 4.78 is 11.4. The van der Waals surface area contributed by atoms with Crippen molar-refractivity contribution in [3.63, 3.8) is 0 Å². The van der Waals surface area contributed by atoms with E-state index in [0.717, 1.165) is 69.2 Å². The van der Waals surface area contributed by atoms with E-state index in [1.807, 2.05) is 29.2 Å². The third-order valence-electron chi connectivity index (χ3n) is 7.96. The van der Waals surface area contributed by atoms with Crippen LogP contribution in [0.2, 0.25) is 0 Å². The Morgan fingerprint density at radius 1 is 1.26 bits per heavy atom. The van der Waals surface area contributed by atoms with E-state index in [1.54, 1.807) is 14.0 Å². The second-order valence-electron chi connectivity index (χ2n) is 10.7. The summed E-state index contributed by atoms with van der Waals surface area (Å²) in [6, 6.07) is 10.2. The number of ether oxygens (including phenoxy) is 2. The molecule has 2 aliphatic heterocycles. The van der Waals surface area contributed by atoms with Gasteiger partial charge in [0.2, 0.25) is 5.91 Å². The fraction of sp³-hybridized carbons (Fsp3) is 0.607. The summed E-state index contributed by atoms with van der Waals surface area (Å²) in [6.07, 6.45) is 3.41. The van der Waals surface area contributed by atoms with Gasteiger partial charge in [0.05, 0.1) is 5.54 Å². The lowest BCUT2D eigenvalue weighted by Crippen LogP contribution is -2.56. The van der Waals surface area contributed by atoms with Crippen molar-refractivity contribution in [2.24, 2.45) is 0 Å². The number of hydrogen-bond acceptors (Lipinski definition) is 9. The fourth-order valence-electron chi connectivity index (χ4n) is 5.60. The number of benzene rings is 1. The van der Waals surface area contributed by atoms with E-state index in [-0.39, 0.29) is 18.1 Å². The van der Waals surface area contributed by atoms with Crippen molar-refractivity contribution in [2.45, 2.75) is 50.3 Å². The standard InChI is InChI=1S/C28H40N6O4/c1-20(35)34-12-11-33(19-28(34)9-10-28)26-16-25(32(3)22-7-13-37-14-8-22)30-27(31-26)21-5-4-6-24(15-21)38-18-23(36)17-29-2/h4-6,15-16,22-23,29,36H,7-14,17-19H2,1-3H3. The van der Waals surface area contributed by atoms with Crippen molar-refractivity contribution in [1.29, 1.82) is 0 Å². The smallest absolute Gasteiger partial charge is 0.220 e. The molecule has 3 heterocycles. The van der Waals surface area contributed by atoms with Crippen LogP contribution in [0.3, 0.4) is 0 Å². The number of piperazine rings is 1. The molecule has 1 atom stereocenters. The summed E-state index contributed by atoms with van der Waals surface area (Å²) in [5.41, 5.74) is 0.793. The summed E-state index contributed by atoms with van der Waals surface area (Å²) in [7, 11) is 3.90. The van der Waals surface area contributed by atoms with Crippen LogP contribution in [-0.4, -0.2) is 104 Å². The third-order valence-corrected chi connectivity index (χ3v) is 7.96. The molecule has 1 amide bonds. The number of aliphatic hydroxyl groups is 1. The molecule has 1 aromatic carbocycles. The molecular formula is C28H40N6O4. The Balaban J connectivity index is 1.44. The highest BCUT2D eigenvalue weighted by Crippen LogP contribution is 2.45. The van der Waals surface area contributed by atoms with Gasteiger partial charge in [-0.15, -0.1) is 0 Å². The van der Waals surface area contributed by atoms with Crippen molar-refractivity contribution >= 4 is 17.5 Å². The van der Waals surface area contributed by atoms with Crippen molar-refractivity contribution in [3.05, 3.63) is 30.3 Å². The van der Waals surface area contributed by atoms with Gasteiger partial charge in [-0.05, 0) is 44.9 Å². The maximum atomic E-state index is 12.3. The van der Waals surface area contributed by atoms with Crippen LogP contribution >= 0.6 is 0 Å². The summed E-state index contributed by atoms with van der Waals surface area (Å²) in [5, 5.41) is 13.0. The van der Waals surface area contributed by atoms with Gasteiger partial charge in [0.1, 0.15) is 30.1 Å². The van der Waals surface area contributed by atoms with Crippen molar-refractivity contribution < 1.29 is 19.4 Å². The first-order valence-corrected chi connectivity index (χ1v) is 13.7. The highest BCUT2D eigenvalue weighted by Gasteiger charge is 2.52. The van der Waals surface area contributed by atoms with Gasteiger partial charge in [0, 0.05) is 71.0 Å². The monoisotopic (exact) mass is 524 g/mol. The molecule has 2 saturated heterocycles. The van der Waals surface area contributed by atoms with E-state index in [1.165, 1.54) is 0 Å². The zero-order chi connectivity index (χ0) is 26.7. The maximum Gasteiger partial charge on any atom is 0.220 e. The largest absolute Gasteiger partial charge is 0.491 e. The zero-order valence-electron chi connectivity index (χ0n) is 22.7. The molecule has 1 spiro atoms. The maximum absolute atomic E-state index is 12.3. The SMILES string of the molecule is CNCC(O)COc1cccc(-c2nc(N3CCN(C(C)=O)C4(CC4)C3)cc(N(C)C3CCOCC3)n2)c1. The van der Waals surface area contributed by atoms with Gasteiger partial charge in [-0.3, -0.25) is 4.79 Å². The van der Waals surface area contributed by atoms with Crippen LogP contribution in [0.25, 0.3) is 11.4 Å². The Bertz CT molecular complexity index is 1120. The van der Waals surface area contributed by atoms with Gasteiger partial charge in [0.15, 0.2) is 5.82 Å². The number of nitrogens with zero attached hydrogens (tertiary/aromatic N) is 5. The minimum absolute atomic E-state index is 0.0656. The van der Waals surface area contributed by atoms with Gasteiger partial charge < -0.3 is 34.6 Å². The van der Waals surface area contributed by atoms with E-state index in [4.69, 9.17) is 19.4 Å². The van der Waals surface area contributed by atoms with E-state index >= 15 is 0 Å². The molecule has 5 rings (SSSR count). The second-order valence-corrected chi connectivity index (χ2v) is 10.7. The molecule has 1 unspecified atom stereocenters. The van der Waals surface area contributed by atoms with Gasteiger partial charge in [-0.25, -0.2) is 9.97 Å². The minimum atomic E-state index is -0.591. The Labute approximate surface area is 224 Å². The Hall–Kier alpha value is -2.95. The van der Waals surface area contributed by atoms with Crippen LogP contribution in [0, 0.1) is 0 Å². The summed E-state index contributed by atoms with van der Waals surface area (Å²) >= 11 is 0. The molecule has 2 N–H and O–H groups in total. The highest BCUT2D eigenvalue weighted by molar-refractivity contribution is 5.75. The molecule has 38 heavy (non-hydrogen) atoms. The number of carbonyl (C=O) groups is 1. The molecule has 0 bridgehead atoms. The lowest BCUT2D eigenvalue weighted by Gasteiger charge is -2.42. The van der Waals surface area contributed by atoms with Crippen LogP contribution in [0.4, 0.5) is 11.6 Å². The predicted molar refractivity (Wildman–Crippen MR) is 147 cm³/mol. The van der Waals surface area contributed by atoms with Gasteiger partial charge in [0.25, 0.3) is 0 Å². The molecule has 1 aliphatic carbocycles. The number of amides is 1. The van der Waals surface area contributed by atoms with Gasteiger partial charge in [-0.2, -0.15) is 0 Å². The molecule has 3 fully saturated rings. The molecule has 1 aromatic heterocycles. The number of likely N-dealkylation sites (N-methyl/N-ethyl adjacent to an activating group) is 1. The first-order chi connectivity index (χ1) is 18.4. The number of carbonyl (C=O) groups excluding carboxylic acids is 1. The number of rotatable bonds is 9. The van der Waals surface area contributed by atoms with Gasteiger partial charge >= 0.3 is 0 Å². The molecule has 10 heteroatoms. The Morgan fingerprint density at radius 3 is 2.76 bits per heavy atom. The van der Waals surface area contributed by atoms with Crippen molar-refractivity contribution in [2.75, 3.05) is 69.9 Å². The number of anilines is 2. The normalized spacial score (nSPS) is 19.9. The fourth-order valence-corrected chi connectivity index (χ4v) is 5.60. The molecule has 0 radical (unpaired) electrons. The number of hydrogen-bond donors (Lipinski definition) is 2. The summed E-state index contributed by atoms with van der Waals surface area (Å²) in [6.45, 7) is 6.09. The number of aliphatic hydroxyl groups excluding tert-OH is 1. The van der Waals surface area contributed by atoms with E-state index < -0.39 is 6.10 Å². The van der Waals surface area contributed by atoms with E-state index in [2.05, 4.69) is 28.2 Å². The predicted octanol–water partition coefficient (Wildman–Crippen LogP) is 1.92. The van der Waals surface area contributed by atoms with E-state index in [9.17, 15) is 9.90 Å².